The van der Waals surface area contributed by atoms with Crippen LogP contribution >= 0.6 is 24.8 Å². The molecule has 0 saturated carbocycles. The molecule has 0 aromatic rings. The number of piperazine rings is 1. The molecule has 1 atom stereocenters. The van der Waals surface area contributed by atoms with Crippen molar-refractivity contribution in [3.63, 3.8) is 0 Å². The molecule has 114 valence electrons. The number of alkyl halides is 2. The SMILES string of the molecule is Cl.Cl.O=C(C1CCNC1)N1CCN(CC(F)F)CC1. The highest BCUT2D eigenvalue weighted by atomic mass is 35.5. The molecule has 1 unspecified atom stereocenters. The van der Waals surface area contributed by atoms with Gasteiger partial charge in [-0.15, -0.1) is 24.8 Å². The first-order chi connectivity index (χ1) is 8.16. The summed E-state index contributed by atoms with van der Waals surface area (Å²) >= 11 is 0. The normalized spacial score (nSPS) is 23.9. The first-order valence-corrected chi connectivity index (χ1v) is 6.17. The van der Waals surface area contributed by atoms with Crippen molar-refractivity contribution in [3.8, 4) is 0 Å². The van der Waals surface area contributed by atoms with Crippen molar-refractivity contribution < 1.29 is 13.6 Å². The molecule has 0 spiro atoms. The first kappa shape index (κ1) is 18.8. The number of halogens is 4. The van der Waals surface area contributed by atoms with Crippen molar-refractivity contribution in [1.29, 1.82) is 0 Å². The molecule has 2 fully saturated rings. The molecule has 0 bridgehead atoms. The molecule has 0 aromatic heterocycles. The van der Waals surface area contributed by atoms with Gasteiger partial charge in [-0.1, -0.05) is 0 Å². The fourth-order valence-electron chi connectivity index (χ4n) is 2.47. The lowest BCUT2D eigenvalue weighted by Crippen LogP contribution is -2.51. The molecule has 19 heavy (non-hydrogen) atoms. The average Bonchev–Trinajstić information content (AvgIpc) is 2.82. The maximum atomic E-state index is 12.2. The maximum Gasteiger partial charge on any atom is 0.251 e. The van der Waals surface area contributed by atoms with Crippen LogP contribution in [0.4, 0.5) is 8.78 Å². The van der Waals surface area contributed by atoms with Crippen LogP contribution in [-0.2, 0) is 4.79 Å². The fourth-order valence-corrected chi connectivity index (χ4v) is 2.47. The number of nitrogens with zero attached hydrogens (tertiary/aromatic N) is 2. The Labute approximate surface area is 124 Å². The molecule has 2 aliphatic rings. The van der Waals surface area contributed by atoms with Gasteiger partial charge in [0.2, 0.25) is 5.91 Å². The Hall–Kier alpha value is -0.170. The summed E-state index contributed by atoms with van der Waals surface area (Å²) in [5, 5.41) is 3.17. The van der Waals surface area contributed by atoms with E-state index in [1.54, 1.807) is 4.90 Å². The summed E-state index contributed by atoms with van der Waals surface area (Å²) in [6, 6.07) is 0. The van der Waals surface area contributed by atoms with Gasteiger partial charge in [0.05, 0.1) is 12.5 Å². The molecule has 1 amide bonds. The summed E-state index contributed by atoms with van der Waals surface area (Å²) in [6.07, 6.45) is -1.38. The van der Waals surface area contributed by atoms with Gasteiger partial charge in [-0.2, -0.15) is 0 Å². The van der Waals surface area contributed by atoms with Crippen molar-refractivity contribution in [2.45, 2.75) is 12.8 Å². The van der Waals surface area contributed by atoms with Crippen LogP contribution in [0.1, 0.15) is 6.42 Å². The molecule has 1 N–H and O–H groups in total. The minimum absolute atomic E-state index is 0. The highest BCUT2D eigenvalue weighted by molar-refractivity contribution is 5.85. The van der Waals surface area contributed by atoms with Crippen molar-refractivity contribution in [1.82, 2.24) is 15.1 Å². The molecule has 2 rings (SSSR count). The van der Waals surface area contributed by atoms with Gasteiger partial charge in [-0.05, 0) is 13.0 Å². The Morgan fingerprint density at radius 1 is 1.21 bits per heavy atom. The molecule has 0 aliphatic carbocycles. The van der Waals surface area contributed by atoms with Crippen molar-refractivity contribution in [2.75, 3.05) is 45.8 Å². The van der Waals surface area contributed by atoms with Gasteiger partial charge in [-0.3, -0.25) is 9.69 Å². The molecule has 2 saturated heterocycles. The van der Waals surface area contributed by atoms with Gasteiger partial charge in [0.15, 0.2) is 0 Å². The second kappa shape index (κ2) is 8.89. The second-order valence-electron chi connectivity index (χ2n) is 4.71. The van der Waals surface area contributed by atoms with E-state index in [1.165, 1.54) is 0 Å². The smallest absolute Gasteiger partial charge is 0.251 e. The standard InChI is InChI=1S/C11H19F2N3O.2ClH/c12-10(13)8-15-3-5-16(6-4-15)11(17)9-1-2-14-7-9;;/h9-10,14H,1-8H2;2*1H. The highest BCUT2D eigenvalue weighted by Crippen LogP contribution is 2.14. The van der Waals surface area contributed by atoms with E-state index in [1.807, 2.05) is 4.90 Å². The zero-order valence-electron chi connectivity index (χ0n) is 10.7. The third kappa shape index (κ3) is 5.38. The van der Waals surface area contributed by atoms with E-state index in [-0.39, 0.29) is 43.2 Å². The number of carbonyl (C=O) groups excluding carboxylic acids is 1. The Kier molecular flexibility index (Phi) is 8.81. The highest BCUT2D eigenvalue weighted by Gasteiger charge is 2.29. The van der Waals surface area contributed by atoms with Crippen LogP contribution in [0.25, 0.3) is 0 Å². The summed E-state index contributed by atoms with van der Waals surface area (Å²) < 4.78 is 24.4. The molecule has 4 nitrogen and oxygen atoms in total. The number of nitrogens with one attached hydrogen (secondary N) is 1. The van der Waals surface area contributed by atoms with E-state index in [9.17, 15) is 13.6 Å². The summed E-state index contributed by atoms with van der Waals surface area (Å²) in [6.45, 7) is 3.79. The first-order valence-electron chi connectivity index (χ1n) is 6.17. The average molecular weight is 320 g/mol. The second-order valence-corrected chi connectivity index (χ2v) is 4.71. The zero-order valence-corrected chi connectivity index (χ0v) is 12.3. The molecule has 2 heterocycles. The lowest BCUT2D eigenvalue weighted by Gasteiger charge is -2.35. The van der Waals surface area contributed by atoms with Gasteiger partial charge < -0.3 is 10.2 Å². The van der Waals surface area contributed by atoms with Gasteiger partial charge in [0.25, 0.3) is 6.43 Å². The Morgan fingerprint density at radius 3 is 2.32 bits per heavy atom. The lowest BCUT2D eigenvalue weighted by atomic mass is 10.1. The molecular weight excluding hydrogens is 299 g/mol. The lowest BCUT2D eigenvalue weighted by molar-refractivity contribution is -0.136. The predicted octanol–water partition coefficient (Wildman–Crippen LogP) is 0.849. The largest absolute Gasteiger partial charge is 0.340 e. The molecular formula is C11H21Cl2F2N3O. The molecule has 0 aromatic carbocycles. The van der Waals surface area contributed by atoms with E-state index >= 15 is 0 Å². The van der Waals surface area contributed by atoms with Crippen LogP contribution in [-0.4, -0.2) is 67.9 Å². The van der Waals surface area contributed by atoms with E-state index in [0.29, 0.717) is 26.2 Å². The monoisotopic (exact) mass is 319 g/mol. The molecule has 0 radical (unpaired) electrons. The van der Waals surface area contributed by atoms with Gasteiger partial charge in [-0.25, -0.2) is 8.78 Å². The van der Waals surface area contributed by atoms with Crippen molar-refractivity contribution >= 4 is 30.7 Å². The number of hydrogen-bond donors (Lipinski definition) is 1. The van der Waals surface area contributed by atoms with E-state index in [0.717, 1.165) is 19.5 Å². The Bertz CT molecular complexity index is 271. The fraction of sp³-hybridized carbons (Fsp3) is 0.909. The topological polar surface area (TPSA) is 35.6 Å². The number of rotatable bonds is 3. The van der Waals surface area contributed by atoms with Gasteiger partial charge in [0.1, 0.15) is 0 Å². The van der Waals surface area contributed by atoms with E-state index in [2.05, 4.69) is 5.32 Å². The van der Waals surface area contributed by atoms with Gasteiger partial charge in [0, 0.05) is 32.7 Å². The van der Waals surface area contributed by atoms with E-state index < -0.39 is 6.43 Å². The molecule has 2 aliphatic heterocycles. The van der Waals surface area contributed by atoms with Crippen LogP contribution in [0.2, 0.25) is 0 Å². The van der Waals surface area contributed by atoms with Crippen LogP contribution in [0.15, 0.2) is 0 Å². The minimum atomic E-state index is -2.28. The summed E-state index contributed by atoms with van der Waals surface area (Å²) in [5.41, 5.74) is 0. The van der Waals surface area contributed by atoms with Crippen molar-refractivity contribution in [3.05, 3.63) is 0 Å². The summed E-state index contributed by atoms with van der Waals surface area (Å²) in [5.74, 6) is 0.281. The quantitative estimate of drug-likeness (QED) is 0.837. The van der Waals surface area contributed by atoms with Gasteiger partial charge >= 0.3 is 0 Å². The third-order valence-corrected chi connectivity index (χ3v) is 3.49. The third-order valence-electron chi connectivity index (χ3n) is 3.49. The summed E-state index contributed by atoms with van der Waals surface area (Å²) in [7, 11) is 0. The number of carbonyl (C=O) groups is 1. The van der Waals surface area contributed by atoms with Crippen LogP contribution in [0.3, 0.4) is 0 Å². The zero-order chi connectivity index (χ0) is 12.3. The Morgan fingerprint density at radius 2 is 1.84 bits per heavy atom. The predicted molar refractivity (Wildman–Crippen MR) is 74.5 cm³/mol. The number of amides is 1. The summed E-state index contributed by atoms with van der Waals surface area (Å²) in [4.78, 5) is 15.6. The van der Waals surface area contributed by atoms with Crippen LogP contribution in [0.5, 0.6) is 0 Å². The maximum absolute atomic E-state index is 12.2. The Balaban J connectivity index is 0.00000162. The van der Waals surface area contributed by atoms with Crippen LogP contribution in [0, 0.1) is 5.92 Å². The van der Waals surface area contributed by atoms with Crippen molar-refractivity contribution in [2.24, 2.45) is 5.92 Å². The number of hydrogen-bond acceptors (Lipinski definition) is 3. The molecule has 8 heteroatoms. The minimum Gasteiger partial charge on any atom is -0.340 e. The van der Waals surface area contributed by atoms with E-state index in [4.69, 9.17) is 0 Å². The van der Waals surface area contributed by atoms with Crippen LogP contribution < -0.4 is 5.32 Å².